The molecule has 0 bridgehead atoms. The van der Waals surface area contributed by atoms with E-state index < -0.39 is 10.2 Å². The molecule has 0 unspecified atom stereocenters. The van der Waals surface area contributed by atoms with Crippen LogP contribution in [0.4, 0.5) is 5.82 Å². The van der Waals surface area contributed by atoms with Gasteiger partial charge in [-0.05, 0) is 24.5 Å². The van der Waals surface area contributed by atoms with Crippen molar-refractivity contribution in [2.24, 2.45) is 5.73 Å². The monoisotopic (exact) mass is 270 g/mol. The van der Waals surface area contributed by atoms with E-state index in [0.29, 0.717) is 25.5 Å². The molecule has 0 radical (unpaired) electrons. The number of hydrogen-bond donors (Lipinski definition) is 2. The van der Waals surface area contributed by atoms with Gasteiger partial charge in [-0.3, -0.25) is 4.72 Å². The highest BCUT2D eigenvalue weighted by Gasteiger charge is 2.23. The van der Waals surface area contributed by atoms with Crippen molar-refractivity contribution in [3.8, 4) is 0 Å². The van der Waals surface area contributed by atoms with Gasteiger partial charge in [0.2, 0.25) is 0 Å². The summed E-state index contributed by atoms with van der Waals surface area (Å²) in [6.07, 6.45) is 4.50. The Bertz CT molecular complexity index is 480. The fraction of sp³-hybridized carbons (Fsp3) is 0.545. The second kappa shape index (κ2) is 5.64. The molecule has 6 nitrogen and oxygen atoms in total. The van der Waals surface area contributed by atoms with Gasteiger partial charge in [-0.15, -0.1) is 0 Å². The molecular weight excluding hydrogens is 252 g/mol. The van der Waals surface area contributed by atoms with Crippen molar-refractivity contribution >= 4 is 16.0 Å². The van der Waals surface area contributed by atoms with Crippen LogP contribution in [0.1, 0.15) is 24.8 Å². The topological polar surface area (TPSA) is 88.3 Å². The van der Waals surface area contributed by atoms with E-state index in [0.717, 1.165) is 24.8 Å². The van der Waals surface area contributed by atoms with Crippen LogP contribution in [-0.2, 0) is 16.8 Å². The van der Waals surface area contributed by atoms with Gasteiger partial charge < -0.3 is 5.73 Å². The maximum absolute atomic E-state index is 12.1. The Hall–Kier alpha value is -1.18. The lowest BCUT2D eigenvalue weighted by molar-refractivity contribution is 0.349. The summed E-state index contributed by atoms with van der Waals surface area (Å²) >= 11 is 0. The van der Waals surface area contributed by atoms with Crippen LogP contribution in [0.5, 0.6) is 0 Å². The summed E-state index contributed by atoms with van der Waals surface area (Å²) < 4.78 is 28.1. The van der Waals surface area contributed by atoms with E-state index in [1.807, 2.05) is 0 Å². The van der Waals surface area contributed by atoms with E-state index in [-0.39, 0.29) is 0 Å². The van der Waals surface area contributed by atoms with Crippen LogP contribution in [0.15, 0.2) is 18.3 Å². The SMILES string of the molecule is NCc1ccc(NS(=O)(=O)N2CCCCC2)nc1. The number of nitrogens with zero attached hydrogens (tertiary/aromatic N) is 2. The van der Waals surface area contributed by atoms with Gasteiger partial charge >= 0.3 is 10.2 Å². The van der Waals surface area contributed by atoms with Gasteiger partial charge in [-0.2, -0.15) is 12.7 Å². The molecule has 0 aliphatic carbocycles. The molecule has 0 spiro atoms. The van der Waals surface area contributed by atoms with Crippen molar-refractivity contribution in [3.63, 3.8) is 0 Å². The zero-order valence-corrected chi connectivity index (χ0v) is 11.0. The zero-order chi connectivity index (χ0) is 13.0. The van der Waals surface area contributed by atoms with Crippen LogP contribution in [0.3, 0.4) is 0 Å². The van der Waals surface area contributed by atoms with Gasteiger partial charge in [0, 0.05) is 25.8 Å². The Morgan fingerprint density at radius 3 is 2.56 bits per heavy atom. The Morgan fingerprint density at radius 1 is 1.28 bits per heavy atom. The highest BCUT2D eigenvalue weighted by molar-refractivity contribution is 7.90. The largest absolute Gasteiger partial charge is 0.326 e. The predicted molar refractivity (Wildman–Crippen MR) is 70.1 cm³/mol. The molecule has 1 aromatic rings. The molecule has 3 N–H and O–H groups in total. The van der Waals surface area contributed by atoms with Crippen molar-refractivity contribution in [2.75, 3.05) is 17.8 Å². The van der Waals surface area contributed by atoms with Crippen LogP contribution in [-0.4, -0.2) is 30.8 Å². The van der Waals surface area contributed by atoms with Crippen LogP contribution < -0.4 is 10.5 Å². The third-order valence-corrected chi connectivity index (χ3v) is 4.46. The highest BCUT2D eigenvalue weighted by atomic mass is 32.2. The number of piperidine rings is 1. The highest BCUT2D eigenvalue weighted by Crippen LogP contribution is 2.15. The quantitative estimate of drug-likeness (QED) is 0.842. The van der Waals surface area contributed by atoms with E-state index in [9.17, 15) is 8.42 Å². The fourth-order valence-electron chi connectivity index (χ4n) is 1.91. The third-order valence-electron chi connectivity index (χ3n) is 2.95. The molecule has 2 rings (SSSR count). The molecule has 1 fully saturated rings. The summed E-state index contributed by atoms with van der Waals surface area (Å²) in [7, 11) is -3.47. The van der Waals surface area contributed by atoms with Gasteiger partial charge in [-0.1, -0.05) is 12.5 Å². The normalized spacial score (nSPS) is 17.6. The first-order valence-electron chi connectivity index (χ1n) is 6.05. The lowest BCUT2D eigenvalue weighted by atomic mass is 10.2. The minimum Gasteiger partial charge on any atom is -0.326 e. The molecule has 0 aromatic carbocycles. The molecule has 100 valence electrons. The van der Waals surface area contributed by atoms with Crippen LogP contribution in [0.2, 0.25) is 0 Å². The second-order valence-corrected chi connectivity index (χ2v) is 5.99. The fourth-order valence-corrected chi connectivity index (χ4v) is 3.16. The summed E-state index contributed by atoms with van der Waals surface area (Å²) in [6.45, 7) is 1.55. The summed E-state index contributed by atoms with van der Waals surface area (Å²) in [5, 5.41) is 0. The van der Waals surface area contributed by atoms with Crippen LogP contribution >= 0.6 is 0 Å². The van der Waals surface area contributed by atoms with Gasteiger partial charge in [-0.25, -0.2) is 4.98 Å². The number of pyridine rings is 1. The smallest absolute Gasteiger partial charge is 0.302 e. The van der Waals surface area contributed by atoms with Crippen molar-refractivity contribution in [1.29, 1.82) is 0 Å². The first kappa shape index (κ1) is 13.3. The third kappa shape index (κ3) is 3.18. The van der Waals surface area contributed by atoms with Crippen molar-refractivity contribution in [1.82, 2.24) is 9.29 Å². The van der Waals surface area contributed by atoms with Gasteiger partial charge in [0.15, 0.2) is 0 Å². The van der Waals surface area contributed by atoms with Gasteiger partial charge in [0.1, 0.15) is 5.82 Å². The van der Waals surface area contributed by atoms with Crippen molar-refractivity contribution in [2.45, 2.75) is 25.8 Å². The molecule has 1 aliphatic rings. The number of anilines is 1. The lowest BCUT2D eigenvalue weighted by Crippen LogP contribution is -2.39. The summed E-state index contributed by atoms with van der Waals surface area (Å²) in [5.74, 6) is 0.331. The lowest BCUT2D eigenvalue weighted by Gasteiger charge is -2.25. The average Bonchev–Trinajstić information content (AvgIpc) is 2.40. The number of hydrogen-bond acceptors (Lipinski definition) is 4. The first-order valence-corrected chi connectivity index (χ1v) is 7.49. The summed E-state index contributed by atoms with van der Waals surface area (Å²) in [5.41, 5.74) is 6.33. The molecule has 1 aromatic heterocycles. The van der Waals surface area contributed by atoms with Crippen LogP contribution in [0.25, 0.3) is 0 Å². The Kier molecular flexibility index (Phi) is 4.15. The number of aromatic nitrogens is 1. The molecule has 1 saturated heterocycles. The maximum atomic E-state index is 12.1. The molecule has 0 saturated carbocycles. The number of nitrogens with one attached hydrogen (secondary N) is 1. The molecule has 1 aliphatic heterocycles. The molecule has 7 heteroatoms. The first-order chi connectivity index (χ1) is 8.62. The Balaban J connectivity index is 2.06. The average molecular weight is 270 g/mol. The van der Waals surface area contributed by atoms with Crippen molar-refractivity contribution in [3.05, 3.63) is 23.9 Å². The molecule has 2 heterocycles. The van der Waals surface area contributed by atoms with Crippen molar-refractivity contribution < 1.29 is 8.42 Å². The number of nitrogens with two attached hydrogens (primary N) is 1. The molecule has 0 atom stereocenters. The minimum absolute atomic E-state index is 0.331. The predicted octanol–water partition coefficient (Wildman–Crippen LogP) is 0.683. The Labute approximate surface area is 107 Å². The van der Waals surface area contributed by atoms with Gasteiger partial charge in [0.05, 0.1) is 0 Å². The molecular formula is C11H18N4O2S. The Morgan fingerprint density at radius 2 is 2.00 bits per heavy atom. The molecule has 18 heavy (non-hydrogen) atoms. The van der Waals surface area contributed by atoms with E-state index in [1.165, 1.54) is 4.31 Å². The van der Waals surface area contributed by atoms with Crippen LogP contribution in [0, 0.1) is 0 Å². The van der Waals surface area contributed by atoms with E-state index in [4.69, 9.17) is 5.73 Å². The maximum Gasteiger partial charge on any atom is 0.302 e. The van der Waals surface area contributed by atoms with Gasteiger partial charge in [0.25, 0.3) is 0 Å². The minimum atomic E-state index is -3.47. The molecule has 0 amide bonds. The standard InChI is InChI=1S/C11H18N4O2S/c12-8-10-4-5-11(13-9-10)14-18(16,17)15-6-2-1-3-7-15/h4-5,9H,1-3,6-8,12H2,(H,13,14). The van der Waals surface area contributed by atoms with E-state index in [2.05, 4.69) is 9.71 Å². The van der Waals surface area contributed by atoms with E-state index >= 15 is 0 Å². The number of rotatable bonds is 4. The second-order valence-electron chi connectivity index (χ2n) is 4.32. The summed E-state index contributed by atoms with van der Waals surface area (Å²) in [6, 6.07) is 3.39. The summed E-state index contributed by atoms with van der Waals surface area (Å²) in [4.78, 5) is 4.03. The zero-order valence-electron chi connectivity index (χ0n) is 10.2. The van der Waals surface area contributed by atoms with E-state index in [1.54, 1.807) is 18.3 Å².